The van der Waals surface area contributed by atoms with E-state index in [1.165, 1.54) is 90.1 Å². The molecule has 0 amide bonds. The minimum Gasteiger partial charge on any atom is -0.309 e. The first-order valence-electron chi connectivity index (χ1n) is 16.3. The highest BCUT2D eigenvalue weighted by Crippen LogP contribution is 2.42. The van der Waals surface area contributed by atoms with Crippen LogP contribution >= 0.6 is 22.7 Å². The van der Waals surface area contributed by atoms with Gasteiger partial charge in [0.1, 0.15) is 0 Å². The van der Waals surface area contributed by atoms with Crippen molar-refractivity contribution in [2.24, 2.45) is 0 Å². The van der Waals surface area contributed by atoms with Crippen LogP contribution in [0, 0.1) is 0 Å². The smallest absolute Gasteiger partial charge is 0.0548 e. The minimum absolute atomic E-state index is 1.18. The van der Waals surface area contributed by atoms with E-state index in [4.69, 9.17) is 0 Å². The summed E-state index contributed by atoms with van der Waals surface area (Å²) in [5, 5.41) is 7.91. The van der Waals surface area contributed by atoms with E-state index < -0.39 is 0 Å². The highest BCUT2D eigenvalue weighted by atomic mass is 32.1. The molecule has 0 spiro atoms. The summed E-state index contributed by atoms with van der Waals surface area (Å²) < 4.78 is 7.81. The molecule has 7 aromatic carbocycles. The Morgan fingerprint density at radius 1 is 0.383 bits per heavy atom. The second-order valence-electron chi connectivity index (χ2n) is 11.7. The van der Waals surface area contributed by atoms with Gasteiger partial charge in [-0.2, -0.15) is 0 Å². The molecule has 0 radical (unpaired) electrons. The van der Waals surface area contributed by atoms with Crippen LogP contribution in [0.5, 0.6) is 0 Å². The van der Waals surface area contributed by atoms with Crippen LogP contribution in [0.25, 0.3) is 90.1 Å². The Morgan fingerprint density at radius 3 is 1.83 bits per heavy atom. The molecule has 0 bridgehead atoms. The first-order valence-corrected chi connectivity index (χ1v) is 17.9. The van der Waals surface area contributed by atoms with Crippen LogP contribution in [0.1, 0.15) is 13.8 Å². The van der Waals surface area contributed by atoms with E-state index in [0.717, 1.165) is 0 Å². The first-order chi connectivity index (χ1) is 23.3. The fourth-order valence-electron chi connectivity index (χ4n) is 7.13. The number of hydrogen-bond acceptors (Lipinski definition) is 2. The first kappa shape index (κ1) is 28.0. The van der Waals surface area contributed by atoms with E-state index in [1.807, 2.05) is 36.5 Å². The Balaban J connectivity index is 0.00000149. The SMILES string of the molecule is CC.c1cc(-c2cccc(-n3c4ccccc4c4cc5sc6ccccc6c5cc43)c2)cc(-c2cccc3c2sc2ccccc23)c1. The van der Waals surface area contributed by atoms with Crippen molar-refractivity contribution >= 4 is 84.8 Å². The number of aromatic nitrogens is 1. The molecule has 0 fully saturated rings. The van der Waals surface area contributed by atoms with Crippen molar-refractivity contribution in [3.63, 3.8) is 0 Å². The topological polar surface area (TPSA) is 4.93 Å². The van der Waals surface area contributed by atoms with Gasteiger partial charge >= 0.3 is 0 Å². The highest BCUT2D eigenvalue weighted by Gasteiger charge is 2.16. The molecule has 0 N–H and O–H groups in total. The summed E-state index contributed by atoms with van der Waals surface area (Å²) in [5.74, 6) is 0. The van der Waals surface area contributed by atoms with Gasteiger partial charge in [-0.1, -0.05) is 117 Å². The Kier molecular flexibility index (Phi) is 6.70. The molecule has 0 atom stereocenters. The molecular weight excluding hydrogens is 607 g/mol. The monoisotopic (exact) mass is 637 g/mol. The van der Waals surface area contributed by atoms with E-state index in [9.17, 15) is 0 Å². The Hall–Kier alpha value is -5.22. The molecule has 10 aromatic rings. The average Bonchev–Trinajstić information content (AvgIpc) is 3.81. The van der Waals surface area contributed by atoms with E-state index >= 15 is 0 Å². The van der Waals surface area contributed by atoms with Crippen LogP contribution in [-0.2, 0) is 0 Å². The summed E-state index contributed by atoms with van der Waals surface area (Å²) in [5.41, 5.74) is 8.63. The Bertz CT molecular complexity index is 2770. The summed E-state index contributed by atoms with van der Waals surface area (Å²) in [4.78, 5) is 0. The second-order valence-corrected chi connectivity index (χ2v) is 13.9. The molecule has 0 aliphatic rings. The fraction of sp³-hybridized carbons (Fsp3) is 0.0455. The molecule has 0 saturated carbocycles. The number of rotatable bonds is 3. The zero-order valence-corrected chi connectivity index (χ0v) is 27.8. The standard InChI is InChI=1S/C42H25NS2.C2H6/c1-4-19-37-31(14-1)35-25-41-36(33-16-3-5-20-39(33)44-41)24-38(35)43(37)29-13-8-11-27(23-29)26-10-7-12-28(22-26)30-17-9-18-34-32-15-2-6-21-40(32)45-42(30)34;1-2/h1-25H;1-2H3. The van der Waals surface area contributed by atoms with Crippen molar-refractivity contribution in [2.45, 2.75) is 13.8 Å². The number of fused-ring (bicyclic) bond motifs is 9. The van der Waals surface area contributed by atoms with Crippen molar-refractivity contribution in [1.29, 1.82) is 0 Å². The van der Waals surface area contributed by atoms with Gasteiger partial charge in [0.2, 0.25) is 0 Å². The van der Waals surface area contributed by atoms with Gasteiger partial charge in [0.15, 0.2) is 0 Å². The maximum atomic E-state index is 2.45. The lowest BCUT2D eigenvalue weighted by Gasteiger charge is -2.12. The van der Waals surface area contributed by atoms with Crippen LogP contribution in [0.3, 0.4) is 0 Å². The zero-order valence-electron chi connectivity index (χ0n) is 26.2. The Labute approximate surface area is 281 Å². The molecular formula is C44H31NS2. The second kappa shape index (κ2) is 11.2. The van der Waals surface area contributed by atoms with Gasteiger partial charge in [0.25, 0.3) is 0 Å². The molecule has 0 saturated heterocycles. The van der Waals surface area contributed by atoms with Gasteiger partial charge in [-0.15, -0.1) is 22.7 Å². The summed E-state index contributed by atoms with van der Waals surface area (Å²) in [6, 6.07) is 55.9. The van der Waals surface area contributed by atoms with Gasteiger partial charge in [-0.25, -0.2) is 0 Å². The third-order valence-electron chi connectivity index (χ3n) is 9.19. The van der Waals surface area contributed by atoms with Crippen LogP contribution in [0.2, 0.25) is 0 Å². The van der Waals surface area contributed by atoms with Gasteiger partial charge in [-0.05, 0) is 70.8 Å². The van der Waals surface area contributed by atoms with E-state index in [0.29, 0.717) is 0 Å². The maximum absolute atomic E-state index is 2.45. The number of thiophene rings is 2. The molecule has 3 heterocycles. The van der Waals surface area contributed by atoms with Crippen molar-refractivity contribution in [2.75, 3.05) is 0 Å². The van der Waals surface area contributed by atoms with Crippen LogP contribution in [0.15, 0.2) is 152 Å². The molecule has 10 rings (SSSR count). The molecule has 0 aliphatic heterocycles. The van der Waals surface area contributed by atoms with Crippen molar-refractivity contribution < 1.29 is 0 Å². The lowest BCUT2D eigenvalue weighted by molar-refractivity contribution is 1.18. The minimum atomic E-state index is 1.18. The Morgan fingerprint density at radius 2 is 1.00 bits per heavy atom. The van der Waals surface area contributed by atoms with Crippen LogP contribution in [0.4, 0.5) is 0 Å². The molecule has 0 aliphatic carbocycles. The number of hydrogen-bond donors (Lipinski definition) is 0. The van der Waals surface area contributed by atoms with Crippen LogP contribution < -0.4 is 0 Å². The lowest BCUT2D eigenvalue weighted by atomic mass is 9.97. The summed E-state index contributed by atoms with van der Waals surface area (Å²) in [6.07, 6.45) is 0. The van der Waals surface area contributed by atoms with Crippen LogP contribution in [-0.4, -0.2) is 4.57 Å². The van der Waals surface area contributed by atoms with Crippen molar-refractivity contribution in [1.82, 2.24) is 4.57 Å². The molecule has 224 valence electrons. The maximum Gasteiger partial charge on any atom is 0.0548 e. The molecule has 47 heavy (non-hydrogen) atoms. The summed E-state index contributed by atoms with van der Waals surface area (Å²) >= 11 is 3.77. The summed E-state index contributed by atoms with van der Waals surface area (Å²) in [7, 11) is 0. The lowest BCUT2D eigenvalue weighted by Crippen LogP contribution is -1.94. The van der Waals surface area contributed by atoms with Gasteiger partial charge in [-0.3, -0.25) is 0 Å². The zero-order chi connectivity index (χ0) is 31.5. The molecule has 3 heteroatoms. The number of nitrogens with zero attached hydrogens (tertiary/aromatic N) is 1. The third kappa shape index (κ3) is 4.42. The normalized spacial score (nSPS) is 11.6. The van der Waals surface area contributed by atoms with Gasteiger partial charge in [0.05, 0.1) is 11.0 Å². The van der Waals surface area contributed by atoms with E-state index in [2.05, 4.69) is 156 Å². The van der Waals surface area contributed by atoms with Gasteiger partial charge < -0.3 is 4.57 Å². The third-order valence-corrected chi connectivity index (χ3v) is 11.5. The fourth-order valence-corrected chi connectivity index (χ4v) is 9.50. The van der Waals surface area contributed by atoms with E-state index in [1.54, 1.807) is 0 Å². The quantitative estimate of drug-likeness (QED) is 0.182. The number of para-hydroxylation sites is 1. The molecule has 0 unspecified atom stereocenters. The predicted molar refractivity (Wildman–Crippen MR) is 209 cm³/mol. The highest BCUT2D eigenvalue weighted by molar-refractivity contribution is 7.26. The average molecular weight is 638 g/mol. The predicted octanol–water partition coefficient (Wildman–Crippen LogP) is 13.9. The summed E-state index contributed by atoms with van der Waals surface area (Å²) in [6.45, 7) is 4.00. The molecule has 1 nitrogen and oxygen atoms in total. The van der Waals surface area contributed by atoms with Crippen molar-refractivity contribution in [3.05, 3.63) is 152 Å². The largest absolute Gasteiger partial charge is 0.309 e. The number of benzene rings is 7. The van der Waals surface area contributed by atoms with Gasteiger partial charge in [0, 0.05) is 56.8 Å². The van der Waals surface area contributed by atoms with Crippen molar-refractivity contribution in [3.8, 4) is 27.9 Å². The van der Waals surface area contributed by atoms with E-state index in [-0.39, 0.29) is 0 Å². The molecule has 3 aromatic heterocycles.